The van der Waals surface area contributed by atoms with Gasteiger partial charge in [0.15, 0.2) is 17.3 Å². The molecule has 0 saturated carbocycles. The Hall–Kier alpha value is -2.39. The zero-order chi connectivity index (χ0) is 12.6. The third-order valence-corrected chi connectivity index (χ3v) is 1.82. The number of aromatic amines is 1. The molecular weight excluding hydrogens is 239 g/mol. The number of alkyl halides is 3. The number of nitrogen functional groups attached to an aromatic ring is 2. The third kappa shape index (κ3) is 2.09. The minimum absolute atomic E-state index is 0.0396. The van der Waals surface area contributed by atoms with Crippen LogP contribution in [0.4, 0.5) is 24.9 Å². The van der Waals surface area contributed by atoms with Crippen LogP contribution in [0.2, 0.25) is 0 Å². The summed E-state index contributed by atoms with van der Waals surface area (Å²) in [5, 5.41) is 5.87. The Morgan fingerprint density at radius 2 is 1.88 bits per heavy atom. The molecule has 2 heterocycles. The van der Waals surface area contributed by atoms with E-state index in [1.807, 2.05) is 0 Å². The Kier molecular flexibility index (Phi) is 2.33. The zero-order valence-corrected chi connectivity index (χ0v) is 8.15. The van der Waals surface area contributed by atoms with Gasteiger partial charge in [0.05, 0.1) is 6.20 Å². The number of nitrogens with one attached hydrogen (secondary N) is 1. The Balaban J connectivity index is 2.45. The molecule has 0 fully saturated rings. The molecule has 0 bridgehead atoms. The van der Waals surface area contributed by atoms with Crippen LogP contribution in [0.5, 0.6) is 0 Å². The summed E-state index contributed by atoms with van der Waals surface area (Å²) in [7, 11) is 0. The number of rotatable bonds is 1. The second kappa shape index (κ2) is 3.57. The van der Waals surface area contributed by atoms with Crippen molar-refractivity contribution >= 4 is 11.8 Å². The number of hydrogen-bond donors (Lipinski definition) is 3. The van der Waals surface area contributed by atoms with Crippen molar-refractivity contribution in [3.63, 3.8) is 0 Å². The van der Waals surface area contributed by atoms with Gasteiger partial charge in [0, 0.05) is 0 Å². The molecule has 7 nitrogen and oxygen atoms in total. The SMILES string of the molecule is Nc1n[nH]c(-c2ncc(C(F)(F)F)nc2N)n1. The van der Waals surface area contributed by atoms with Crippen molar-refractivity contribution in [3.8, 4) is 11.5 Å². The van der Waals surface area contributed by atoms with E-state index < -0.39 is 17.7 Å². The molecule has 17 heavy (non-hydrogen) atoms. The van der Waals surface area contributed by atoms with E-state index in [9.17, 15) is 13.2 Å². The molecule has 0 aliphatic rings. The molecule has 2 aromatic rings. The number of halogens is 3. The van der Waals surface area contributed by atoms with E-state index in [4.69, 9.17) is 11.5 Å². The molecule has 0 saturated heterocycles. The molecule has 90 valence electrons. The summed E-state index contributed by atoms with van der Waals surface area (Å²) in [6.45, 7) is 0. The van der Waals surface area contributed by atoms with Crippen LogP contribution in [0.25, 0.3) is 11.5 Å². The summed E-state index contributed by atoms with van der Waals surface area (Å²) in [6.07, 6.45) is -4.04. The van der Waals surface area contributed by atoms with Gasteiger partial charge in [0.1, 0.15) is 5.69 Å². The maximum absolute atomic E-state index is 12.3. The Bertz CT molecular complexity index is 547. The number of H-pyrrole nitrogens is 1. The summed E-state index contributed by atoms with van der Waals surface area (Å²) >= 11 is 0. The summed E-state index contributed by atoms with van der Waals surface area (Å²) in [5.74, 6) is -0.418. The maximum atomic E-state index is 12.3. The van der Waals surface area contributed by atoms with Crippen LogP contribution in [0.1, 0.15) is 5.69 Å². The molecule has 0 atom stereocenters. The standard InChI is InChI=1S/C7H6F3N7/c8-7(9,10)2-1-13-3(4(11)14-2)5-15-6(12)17-16-5/h1H,(H2,11,14)(H3,12,15,16,17). The lowest BCUT2D eigenvalue weighted by atomic mass is 10.3. The molecule has 0 unspecified atom stereocenters. The van der Waals surface area contributed by atoms with Crippen molar-refractivity contribution in [1.82, 2.24) is 25.1 Å². The first-order chi connectivity index (χ1) is 7.88. The van der Waals surface area contributed by atoms with Crippen molar-refractivity contribution in [1.29, 1.82) is 0 Å². The molecule has 0 amide bonds. The lowest BCUT2D eigenvalue weighted by molar-refractivity contribution is -0.141. The fraction of sp³-hybridized carbons (Fsp3) is 0.143. The summed E-state index contributed by atoms with van der Waals surface area (Å²) in [5.41, 5.74) is 9.39. The van der Waals surface area contributed by atoms with Gasteiger partial charge in [-0.05, 0) is 0 Å². The summed E-state index contributed by atoms with van der Waals surface area (Å²) in [4.78, 5) is 10.4. The molecular formula is C7H6F3N7. The Morgan fingerprint density at radius 3 is 2.35 bits per heavy atom. The largest absolute Gasteiger partial charge is 0.434 e. The monoisotopic (exact) mass is 245 g/mol. The molecule has 10 heteroatoms. The maximum Gasteiger partial charge on any atom is 0.434 e. The van der Waals surface area contributed by atoms with E-state index in [1.165, 1.54) is 0 Å². The molecule has 0 radical (unpaired) electrons. The quantitative estimate of drug-likeness (QED) is 0.670. The molecule has 0 aliphatic heterocycles. The molecule has 2 aromatic heterocycles. The first-order valence-electron chi connectivity index (χ1n) is 4.26. The van der Waals surface area contributed by atoms with Crippen LogP contribution in [-0.2, 0) is 6.18 Å². The van der Waals surface area contributed by atoms with Crippen molar-refractivity contribution in [2.45, 2.75) is 6.18 Å². The average molecular weight is 245 g/mol. The Morgan fingerprint density at radius 1 is 1.18 bits per heavy atom. The topological polar surface area (TPSA) is 119 Å². The smallest absolute Gasteiger partial charge is 0.382 e. The van der Waals surface area contributed by atoms with E-state index in [0.29, 0.717) is 6.20 Å². The van der Waals surface area contributed by atoms with Crippen molar-refractivity contribution in [2.75, 3.05) is 11.5 Å². The summed E-state index contributed by atoms with van der Waals surface area (Å²) < 4.78 is 36.9. The second-order valence-electron chi connectivity index (χ2n) is 3.03. The van der Waals surface area contributed by atoms with Gasteiger partial charge in [-0.25, -0.2) is 9.97 Å². The summed E-state index contributed by atoms with van der Waals surface area (Å²) in [6, 6.07) is 0. The van der Waals surface area contributed by atoms with Crippen LogP contribution in [0.15, 0.2) is 6.20 Å². The minimum Gasteiger partial charge on any atom is -0.382 e. The predicted octanol–water partition coefficient (Wildman–Crippen LogP) is 0.445. The van der Waals surface area contributed by atoms with Crippen LogP contribution in [0.3, 0.4) is 0 Å². The predicted molar refractivity (Wildman–Crippen MR) is 51.2 cm³/mol. The molecule has 0 spiro atoms. The average Bonchev–Trinajstić information content (AvgIpc) is 2.63. The first kappa shape index (κ1) is 11.1. The van der Waals surface area contributed by atoms with Gasteiger partial charge < -0.3 is 11.5 Å². The van der Waals surface area contributed by atoms with Crippen LogP contribution >= 0.6 is 0 Å². The second-order valence-corrected chi connectivity index (χ2v) is 3.03. The third-order valence-electron chi connectivity index (χ3n) is 1.82. The number of nitrogens with zero attached hydrogens (tertiary/aromatic N) is 4. The lowest BCUT2D eigenvalue weighted by Crippen LogP contribution is -2.11. The normalized spacial score (nSPS) is 11.7. The van der Waals surface area contributed by atoms with E-state index in [1.54, 1.807) is 0 Å². The molecule has 5 N–H and O–H groups in total. The highest BCUT2D eigenvalue weighted by Crippen LogP contribution is 2.29. The van der Waals surface area contributed by atoms with Gasteiger partial charge in [0.2, 0.25) is 5.95 Å². The zero-order valence-electron chi connectivity index (χ0n) is 8.15. The molecule has 0 aliphatic carbocycles. The van der Waals surface area contributed by atoms with Crippen molar-refractivity contribution < 1.29 is 13.2 Å². The van der Waals surface area contributed by atoms with Crippen molar-refractivity contribution in [3.05, 3.63) is 11.9 Å². The number of hydrogen-bond acceptors (Lipinski definition) is 6. The van der Waals surface area contributed by atoms with Gasteiger partial charge in [0.25, 0.3) is 0 Å². The molecule has 2 rings (SSSR count). The Labute approximate surface area is 92.1 Å². The van der Waals surface area contributed by atoms with Gasteiger partial charge >= 0.3 is 6.18 Å². The van der Waals surface area contributed by atoms with Gasteiger partial charge in [-0.15, -0.1) is 5.10 Å². The fourth-order valence-corrected chi connectivity index (χ4v) is 1.10. The van der Waals surface area contributed by atoms with Crippen LogP contribution in [-0.4, -0.2) is 25.1 Å². The van der Waals surface area contributed by atoms with Gasteiger partial charge in [-0.1, -0.05) is 0 Å². The van der Waals surface area contributed by atoms with E-state index in [-0.39, 0.29) is 17.5 Å². The van der Waals surface area contributed by atoms with E-state index >= 15 is 0 Å². The first-order valence-corrected chi connectivity index (χ1v) is 4.26. The minimum atomic E-state index is -4.60. The fourth-order valence-electron chi connectivity index (χ4n) is 1.10. The number of aromatic nitrogens is 5. The van der Waals surface area contributed by atoms with E-state index in [2.05, 4.69) is 25.1 Å². The van der Waals surface area contributed by atoms with Gasteiger partial charge in [-0.3, -0.25) is 5.10 Å². The van der Waals surface area contributed by atoms with Crippen LogP contribution in [0, 0.1) is 0 Å². The van der Waals surface area contributed by atoms with Gasteiger partial charge in [-0.2, -0.15) is 18.2 Å². The molecule has 0 aromatic carbocycles. The highest BCUT2D eigenvalue weighted by atomic mass is 19.4. The van der Waals surface area contributed by atoms with Crippen LogP contribution < -0.4 is 11.5 Å². The lowest BCUT2D eigenvalue weighted by Gasteiger charge is -2.07. The number of nitrogens with two attached hydrogens (primary N) is 2. The van der Waals surface area contributed by atoms with Crippen molar-refractivity contribution in [2.24, 2.45) is 0 Å². The highest BCUT2D eigenvalue weighted by Gasteiger charge is 2.33. The van der Waals surface area contributed by atoms with E-state index in [0.717, 1.165) is 0 Å². The highest BCUT2D eigenvalue weighted by molar-refractivity contribution is 5.63. The number of anilines is 2.